The normalized spacial score (nSPS) is 11.3. The molecule has 0 aliphatic heterocycles. The zero-order chi connectivity index (χ0) is 20.9. The largest absolute Gasteiger partial charge is 0.457 e. The van der Waals surface area contributed by atoms with E-state index in [1.807, 2.05) is 48.5 Å². The van der Waals surface area contributed by atoms with Crippen LogP contribution in [-0.2, 0) is 21.4 Å². The Morgan fingerprint density at radius 1 is 0.862 bits per heavy atom. The lowest BCUT2D eigenvalue weighted by Crippen LogP contribution is -2.22. The van der Waals surface area contributed by atoms with Crippen molar-refractivity contribution in [3.05, 3.63) is 90.0 Å². The van der Waals surface area contributed by atoms with Gasteiger partial charge in [-0.15, -0.1) is 0 Å². The van der Waals surface area contributed by atoms with Crippen LogP contribution in [0.1, 0.15) is 15.9 Å². The molecule has 0 radical (unpaired) electrons. The van der Waals surface area contributed by atoms with Gasteiger partial charge in [0.05, 0.1) is 10.5 Å². The molecular weight excluding hydrogens is 390 g/mol. The van der Waals surface area contributed by atoms with E-state index < -0.39 is 16.0 Å². The van der Waals surface area contributed by atoms with E-state index in [0.717, 1.165) is 9.87 Å². The maximum Gasteiger partial charge on any atom is 0.338 e. The van der Waals surface area contributed by atoms with Gasteiger partial charge in [0.15, 0.2) is 0 Å². The summed E-state index contributed by atoms with van der Waals surface area (Å²) in [5.74, 6) is 0.733. The van der Waals surface area contributed by atoms with E-state index in [0.29, 0.717) is 11.5 Å². The zero-order valence-electron chi connectivity index (χ0n) is 16.1. The van der Waals surface area contributed by atoms with E-state index in [1.54, 1.807) is 6.07 Å². The smallest absolute Gasteiger partial charge is 0.338 e. The molecule has 29 heavy (non-hydrogen) atoms. The molecule has 0 bridgehead atoms. The number of sulfonamides is 1. The third-order valence-electron chi connectivity index (χ3n) is 4.17. The first kappa shape index (κ1) is 20.6. The number of hydrogen-bond acceptors (Lipinski definition) is 5. The highest BCUT2D eigenvalue weighted by Crippen LogP contribution is 2.26. The van der Waals surface area contributed by atoms with Gasteiger partial charge in [0, 0.05) is 19.7 Å². The monoisotopic (exact) mass is 411 g/mol. The van der Waals surface area contributed by atoms with Gasteiger partial charge < -0.3 is 9.47 Å². The number of nitrogens with zero attached hydrogens (tertiary/aromatic N) is 1. The fourth-order valence-electron chi connectivity index (χ4n) is 2.54. The lowest BCUT2D eigenvalue weighted by atomic mass is 10.2. The van der Waals surface area contributed by atoms with Gasteiger partial charge in [-0.1, -0.05) is 36.4 Å². The van der Waals surface area contributed by atoms with Gasteiger partial charge in [-0.25, -0.2) is 17.5 Å². The van der Waals surface area contributed by atoms with E-state index in [9.17, 15) is 13.2 Å². The SMILES string of the molecule is CN(C)S(=O)(=O)c1ccc(C(=O)OCc2ccccc2Oc2ccccc2)cc1. The molecule has 0 aliphatic rings. The second kappa shape index (κ2) is 8.89. The Bertz CT molecular complexity index is 1080. The molecule has 7 heteroatoms. The summed E-state index contributed by atoms with van der Waals surface area (Å²) in [6, 6.07) is 22.3. The molecule has 0 aliphatic carbocycles. The van der Waals surface area contributed by atoms with Crippen molar-refractivity contribution in [2.75, 3.05) is 14.1 Å². The Kier molecular flexibility index (Phi) is 6.31. The van der Waals surface area contributed by atoms with Gasteiger partial charge in [-0.05, 0) is 42.5 Å². The Hall–Kier alpha value is -3.16. The van der Waals surface area contributed by atoms with Gasteiger partial charge >= 0.3 is 5.97 Å². The summed E-state index contributed by atoms with van der Waals surface area (Å²) in [6.07, 6.45) is 0. The van der Waals surface area contributed by atoms with Crippen LogP contribution < -0.4 is 4.74 Å². The minimum atomic E-state index is -3.55. The van der Waals surface area contributed by atoms with Crippen molar-refractivity contribution in [3.8, 4) is 11.5 Å². The average Bonchev–Trinajstić information content (AvgIpc) is 2.73. The van der Waals surface area contributed by atoms with Crippen molar-refractivity contribution in [3.63, 3.8) is 0 Å². The van der Waals surface area contributed by atoms with Crippen molar-refractivity contribution >= 4 is 16.0 Å². The van der Waals surface area contributed by atoms with Gasteiger partial charge in [0.1, 0.15) is 18.1 Å². The second-order valence-electron chi connectivity index (χ2n) is 6.41. The summed E-state index contributed by atoms with van der Waals surface area (Å²) in [7, 11) is -0.644. The molecule has 0 spiro atoms. The molecule has 0 fully saturated rings. The van der Waals surface area contributed by atoms with Gasteiger partial charge in [-0.2, -0.15) is 0 Å². The van der Waals surface area contributed by atoms with Crippen LogP contribution >= 0.6 is 0 Å². The van der Waals surface area contributed by atoms with Crippen molar-refractivity contribution in [2.45, 2.75) is 11.5 Å². The van der Waals surface area contributed by atoms with Crippen LogP contribution in [0.25, 0.3) is 0 Å². The van der Waals surface area contributed by atoms with Gasteiger partial charge in [0.25, 0.3) is 0 Å². The summed E-state index contributed by atoms with van der Waals surface area (Å²) in [5.41, 5.74) is 0.987. The molecule has 3 rings (SSSR count). The third kappa shape index (κ3) is 5.01. The molecule has 3 aromatic carbocycles. The molecule has 3 aromatic rings. The second-order valence-corrected chi connectivity index (χ2v) is 8.56. The summed E-state index contributed by atoms with van der Waals surface area (Å²) in [4.78, 5) is 12.5. The van der Waals surface area contributed by atoms with Crippen molar-refractivity contribution in [2.24, 2.45) is 0 Å². The fraction of sp³-hybridized carbons (Fsp3) is 0.136. The maximum absolute atomic E-state index is 12.4. The minimum Gasteiger partial charge on any atom is -0.457 e. The molecule has 0 heterocycles. The first-order valence-electron chi connectivity index (χ1n) is 8.88. The standard InChI is InChI=1S/C22H21NO5S/c1-23(2)29(25,26)20-14-12-17(13-15-20)22(24)27-16-18-8-6-7-11-21(18)28-19-9-4-3-5-10-19/h3-15H,16H2,1-2H3. The van der Waals surface area contributed by atoms with Crippen LogP contribution in [0, 0.1) is 0 Å². The number of hydrogen-bond donors (Lipinski definition) is 0. The van der Waals surface area contributed by atoms with E-state index in [1.165, 1.54) is 38.4 Å². The predicted octanol–water partition coefficient (Wildman–Crippen LogP) is 4.09. The number of ether oxygens (including phenoxy) is 2. The molecule has 0 amide bonds. The Morgan fingerprint density at radius 2 is 1.48 bits per heavy atom. The average molecular weight is 411 g/mol. The Labute approximate surface area is 170 Å². The third-order valence-corrected chi connectivity index (χ3v) is 6.00. The molecule has 0 N–H and O–H groups in total. The van der Waals surface area contributed by atoms with E-state index in [-0.39, 0.29) is 17.1 Å². The van der Waals surface area contributed by atoms with Crippen molar-refractivity contribution in [1.29, 1.82) is 0 Å². The summed E-state index contributed by atoms with van der Waals surface area (Å²) in [5, 5.41) is 0. The fourth-order valence-corrected chi connectivity index (χ4v) is 3.44. The van der Waals surface area contributed by atoms with E-state index >= 15 is 0 Å². The number of carbonyl (C=O) groups excluding carboxylic acids is 1. The van der Waals surface area contributed by atoms with E-state index in [4.69, 9.17) is 9.47 Å². The number of esters is 1. The number of benzene rings is 3. The van der Waals surface area contributed by atoms with Crippen LogP contribution in [0.4, 0.5) is 0 Å². The molecule has 0 aromatic heterocycles. The highest BCUT2D eigenvalue weighted by Gasteiger charge is 2.18. The predicted molar refractivity (Wildman–Crippen MR) is 109 cm³/mol. The van der Waals surface area contributed by atoms with Gasteiger partial charge in [-0.3, -0.25) is 0 Å². The quantitative estimate of drug-likeness (QED) is 0.548. The lowest BCUT2D eigenvalue weighted by Gasteiger charge is -2.12. The maximum atomic E-state index is 12.4. The number of carbonyl (C=O) groups is 1. The summed E-state index contributed by atoms with van der Waals surface area (Å²) >= 11 is 0. The Balaban J connectivity index is 1.68. The molecule has 0 saturated heterocycles. The molecule has 6 nitrogen and oxygen atoms in total. The van der Waals surface area contributed by atoms with E-state index in [2.05, 4.69) is 0 Å². The Morgan fingerprint density at radius 3 is 2.14 bits per heavy atom. The van der Waals surface area contributed by atoms with Crippen molar-refractivity contribution in [1.82, 2.24) is 4.31 Å². The first-order chi connectivity index (χ1) is 13.9. The van der Waals surface area contributed by atoms with Crippen LogP contribution in [-0.4, -0.2) is 32.8 Å². The molecule has 0 unspecified atom stereocenters. The van der Waals surface area contributed by atoms with Crippen LogP contribution in [0.15, 0.2) is 83.8 Å². The molecule has 0 saturated carbocycles. The molecule has 150 valence electrons. The highest BCUT2D eigenvalue weighted by molar-refractivity contribution is 7.89. The number of para-hydroxylation sites is 2. The topological polar surface area (TPSA) is 72.9 Å². The van der Waals surface area contributed by atoms with Crippen LogP contribution in [0.3, 0.4) is 0 Å². The lowest BCUT2D eigenvalue weighted by molar-refractivity contribution is 0.0470. The zero-order valence-corrected chi connectivity index (χ0v) is 16.9. The van der Waals surface area contributed by atoms with Crippen molar-refractivity contribution < 1.29 is 22.7 Å². The summed E-state index contributed by atoms with van der Waals surface area (Å²) in [6.45, 7) is 0.0274. The number of rotatable bonds is 7. The van der Waals surface area contributed by atoms with Gasteiger partial charge in [0.2, 0.25) is 10.0 Å². The van der Waals surface area contributed by atoms with Crippen LogP contribution in [0.2, 0.25) is 0 Å². The summed E-state index contributed by atoms with van der Waals surface area (Å²) < 4.78 is 36.6. The first-order valence-corrected chi connectivity index (χ1v) is 10.3. The highest BCUT2D eigenvalue weighted by atomic mass is 32.2. The minimum absolute atomic E-state index is 0.0274. The van der Waals surface area contributed by atoms with Crippen LogP contribution in [0.5, 0.6) is 11.5 Å². The molecular formula is C22H21NO5S. The molecule has 0 atom stereocenters.